The first kappa shape index (κ1) is 24.6. The van der Waals surface area contributed by atoms with Crippen molar-refractivity contribution in [1.82, 2.24) is 19.7 Å². The van der Waals surface area contributed by atoms with E-state index in [2.05, 4.69) is 37.0 Å². The van der Waals surface area contributed by atoms with Crippen molar-refractivity contribution in [3.05, 3.63) is 84.4 Å². The summed E-state index contributed by atoms with van der Waals surface area (Å²) in [6, 6.07) is 23.0. The Balaban J connectivity index is 1.29. The number of halogens is 3. The maximum Gasteiger partial charge on any atom is 0.573 e. The fourth-order valence-corrected chi connectivity index (χ4v) is 4.51. The molecule has 3 aromatic carbocycles. The van der Waals surface area contributed by atoms with E-state index in [1.807, 2.05) is 42.5 Å². The number of aromatic nitrogens is 4. The van der Waals surface area contributed by atoms with Crippen LogP contribution < -0.4 is 10.1 Å². The molecule has 5 aromatic rings. The van der Waals surface area contributed by atoms with Crippen LogP contribution in [0, 0.1) is 0 Å². The van der Waals surface area contributed by atoms with Crippen LogP contribution in [0.15, 0.2) is 84.0 Å². The van der Waals surface area contributed by atoms with Crippen molar-refractivity contribution in [3.63, 3.8) is 0 Å². The van der Waals surface area contributed by atoms with Crippen LogP contribution in [0.25, 0.3) is 22.1 Å². The largest absolute Gasteiger partial charge is 0.573 e. The number of nitrogens with one attached hydrogen (secondary N) is 1. The van der Waals surface area contributed by atoms with Crippen LogP contribution in [0.1, 0.15) is 5.56 Å². The Kier molecular flexibility index (Phi) is 6.95. The Morgan fingerprint density at radius 2 is 1.68 bits per heavy atom. The zero-order valence-electron chi connectivity index (χ0n) is 19.3. The van der Waals surface area contributed by atoms with E-state index in [0.717, 1.165) is 41.2 Å². The minimum atomic E-state index is -4.77. The first-order chi connectivity index (χ1) is 17.9. The number of ether oxygens (including phenoxy) is 1. The quantitative estimate of drug-likeness (QED) is 0.257. The second-order valence-electron chi connectivity index (χ2n) is 8.08. The molecule has 2 heterocycles. The van der Waals surface area contributed by atoms with Crippen molar-refractivity contribution < 1.29 is 22.7 Å². The number of amides is 1. The van der Waals surface area contributed by atoms with Crippen molar-refractivity contribution in [1.29, 1.82) is 0 Å². The number of para-hydroxylation sites is 1. The third-order valence-electron chi connectivity index (χ3n) is 5.53. The van der Waals surface area contributed by atoms with Crippen molar-refractivity contribution in [2.75, 3.05) is 11.1 Å². The van der Waals surface area contributed by atoms with Crippen LogP contribution in [0.3, 0.4) is 0 Å². The van der Waals surface area contributed by atoms with Gasteiger partial charge >= 0.3 is 6.36 Å². The number of rotatable bonds is 8. The number of anilines is 1. The molecule has 1 N–H and O–H groups in total. The number of hydrogen-bond acceptors (Lipinski definition) is 6. The molecule has 0 aliphatic heterocycles. The predicted molar refractivity (Wildman–Crippen MR) is 135 cm³/mol. The van der Waals surface area contributed by atoms with Gasteiger partial charge < -0.3 is 14.6 Å². The van der Waals surface area contributed by atoms with Gasteiger partial charge in [-0.05, 0) is 42.3 Å². The highest BCUT2D eigenvalue weighted by Gasteiger charge is 2.31. The van der Waals surface area contributed by atoms with E-state index < -0.39 is 6.36 Å². The van der Waals surface area contributed by atoms with E-state index in [1.54, 1.807) is 0 Å². The van der Waals surface area contributed by atoms with Crippen LogP contribution in [0.5, 0.6) is 5.75 Å². The van der Waals surface area contributed by atoms with Gasteiger partial charge in [0.15, 0.2) is 5.65 Å². The fraction of sp³-hybridized carbons (Fsp3) is 0.154. The normalized spacial score (nSPS) is 11.6. The second-order valence-corrected chi connectivity index (χ2v) is 9.02. The molecule has 0 saturated heterocycles. The maximum atomic E-state index is 12.4. The van der Waals surface area contributed by atoms with E-state index in [-0.39, 0.29) is 17.4 Å². The summed E-state index contributed by atoms with van der Waals surface area (Å²) in [5.41, 5.74) is 3.94. The molecule has 0 atom stereocenters. The van der Waals surface area contributed by atoms with Crippen molar-refractivity contribution >= 4 is 45.4 Å². The summed E-state index contributed by atoms with van der Waals surface area (Å²) in [6.07, 6.45) is -3.96. The fourth-order valence-electron chi connectivity index (χ4n) is 3.93. The summed E-state index contributed by atoms with van der Waals surface area (Å²) >= 11 is 1.12. The van der Waals surface area contributed by atoms with Crippen LogP contribution in [0.2, 0.25) is 0 Å². The second kappa shape index (κ2) is 10.5. The van der Waals surface area contributed by atoms with Gasteiger partial charge in [0, 0.05) is 17.6 Å². The molecule has 0 bridgehead atoms. The molecule has 11 heteroatoms. The van der Waals surface area contributed by atoms with Gasteiger partial charge in [0.2, 0.25) is 11.1 Å². The van der Waals surface area contributed by atoms with Crippen molar-refractivity contribution in [2.45, 2.75) is 24.5 Å². The zero-order chi connectivity index (χ0) is 25.8. The molecule has 188 valence electrons. The number of carbonyl (C=O) groups excluding carboxylic acids is 1. The van der Waals surface area contributed by atoms with E-state index in [0.29, 0.717) is 28.6 Å². The van der Waals surface area contributed by atoms with E-state index in [9.17, 15) is 18.0 Å². The molecular formula is C26H20F3N5O2S. The number of hydrogen-bond donors (Lipinski definition) is 1. The first-order valence-corrected chi connectivity index (χ1v) is 12.3. The van der Waals surface area contributed by atoms with Gasteiger partial charge in [0.1, 0.15) is 11.3 Å². The number of alkyl halides is 3. The minimum absolute atomic E-state index is 0.00175. The van der Waals surface area contributed by atoms with Crippen molar-refractivity contribution in [3.8, 4) is 5.75 Å². The van der Waals surface area contributed by atoms with Gasteiger partial charge in [-0.25, -0.2) is 4.98 Å². The average molecular weight is 524 g/mol. The van der Waals surface area contributed by atoms with E-state index in [1.165, 1.54) is 17.7 Å². The number of aryl methyl sites for hydroxylation is 2. The highest BCUT2D eigenvalue weighted by atomic mass is 32.2. The van der Waals surface area contributed by atoms with Gasteiger partial charge in [-0.2, -0.15) is 0 Å². The lowest BCUT2D eigenvalue weighted by Gasteiger charge is -2.10. The molecule has 5 rings (SSSR count). The topological polar surface area (TPSA) is 81.9 Å². The maximum absolute atomic E-state index is 12.4. The van der Waals surface area contributed by atoms with Gasteiger partial charge in [0.05, 0.1) is 11.3 Å². The molecule has 0 fully saturated rings. The summed E-state index contributed by atoms with van der Waals surface area (Å²) in [5.74, 6) is -0.726. The molecule has 0 aliphatic carbocycles. The Labute approximate surface area is 213 Å². The van der Waals surface area contributed by atoms with Crippen LogP contribution >= 0.6 is 11.8 Å². The minimum Gasteiger partial charge on any atom is -0.406 e. The summed E-state index contributed by atoms with van der Waals surface area (Å²) in [5, 5.41) is 12.5. The van der Waals surface area contributed by atoms with Crippen LogP contribution in [0.4, 0.5) is 18.9 Å². The standard InChI is InChI=1S/C26H20F3N5O2S/c27-26(28,29)36-19-12-10-18(11-13-19)30-22(35)16-37-25-31-24-23(32-33-25)20-8-4-5-9-21(20)34(24)15-14-17-6-2-1-3-7-17/h1-13H,14-16H2,(H,30,35). The third kappa shape index (κ3) is 6.00. The summed E-state index contributed by atoms with van der Waals surface area (Å²) in [4.78, 5) is 17.1. The highest BCUT2D eigenvalue weighted by Crippen LogP contribution is 2.28. The lowest BCUT2D eigenvalue weighted by atomic mass is 10.1. The Hall–Kier alpha value is -4.12. The highest BCUT2D eigenvalue weighted by molar-refractivity contribution is 7.99. The van der Waals surface area contributed by atoms with Gasteiger partial charge in [-0.3, -0.25) is 4.79 Å². The zero-order valence-corrected chi connectivity index (χ0v) is 20.1. The molecule has 0 aliphatic rings. The number of benzene rings is 3. The van der Waals surface area contributed by atoms with Crippen LogP contribution in [-0.2, 0) is 17.8 Å². The third-order valence-corrected chi connectivity index (χ3v) is 6.36. The van der Waals surface area contributed by atoms with Crippen molar-refractivity contribution in [2.24, 2.45) is 0 Å². The summed E-state index contributed by atoms with van der Waals surface area (Å²) < 4.78 is 42.9. The predicted octanol–water partition coefficient (Wildman–Crippen LogP) is 5.85. The number of nitrogens with zero attached hydrogens (tertiary/aromatic N) is 4. The molecule has 37 heavy (non-hydrogen) atoms. The molecule has 7 nitrogen and oxygen atoms in total. The summed E-state index contributed by atoms with van der Waals surface area (Å²) in [6.45, 7) is 0.700. The summed E-state index contributed by atoms with van der Waals surface area (Å²) in [7, 11) is 0. The number of carbonyl (C=O) groups is 1. The first-order valence-electron chi connectivity index (χ1n) is 11.3. The van der Waals surface area contributed by atoms with Gasteiger partial charge in [0.25, 0.3) is 0 Å². The lowest BCUT2D eigenvalue weighted by molar-refractivity contribution is -0.274. The number of fused-ring (bicyclic) bond motifs is 3. The van der Waals surface area contributed by atoms with Gasteiger partial charge in [-0.15, -0.1) is 23.4 Å². The molecule has 2 aromatic heterocycles. The van der Waals surface area contributed by atoms with Gasteiger partial charge in [-0.1, -0.05) is 60.3 Å². The van der Waals surface area contributed by atoms with E-state index >= 15 is 0 Å². The molecule has 1 amide bonds. The molecule has 0 radical (unpaired) electrons. The Bertz CT molecular complexity index is 1540. The lowest BCUT2D eigenvalue weighted by Crippen LogP contribution is -2.17. The smallest absolute Gasteiger partial charge is 0.406 e. The molecule has 0 spiro atoms. The average Bonchev–Trinajstić information content (AvgIpc) is 3.20. The SMILES string of the molecule is O=C(CSc1nnc2c3ccccc3n(CCc3ccccc3)c2n1)Nc1ccc(OC(F)(F)F)cc1. The molecular weight excluding hydrogens is 503 g/mol. The Morgan fingerprint density at radius 1 is 0.946 bits per heavy atom. The van der Waals surface area contributed by atoms with E-state index in [4.69, 9.17) is 4.98 Å². The Morgan fingerprint density at radius 3 is 2.43 bits per heavy atom. The number of thioether (sulfide) groups is 1. The van der Waals surface area contributed by atoms with Crippen LogP contribution in [-0.4, -0.2) is 37.8 Å². The monoisotopic (exact) mass is 523 g/mol. The molecule has 0 unspecified atom stereocenters. The molecule has 0 saturated carbocycles.